The van der Waals surface area contributed by atoms with Crippen molar-refractivity contribution < 1.29 is 24.0 Å². The molecule has 0 radical (unpaired) electrons. The monoisotopic (exact) mass is 2050 g/mol. The smallest absolute Gasteiger partial charge is 0.239 e. The molecule has 14 rings (SSSR count). The lowest BCUT2D eigenvalue weighted by molar-refractivity contribution is -0.135. The number of likely N-dealkylation sites (tertiary alicyclic amines) is 9. The highest BCUT2D eigenvalue weighted by Crippen LogP contribution is 2.39. The van der Waals surface area contributed by atoms with Crippen molar-refractivity contribution in [3.63, 3.8) is 0 Å². The number of amides is 5. The highest BCUT2D eigenvalue weighted by molar-refractivity contribution is 5.82. The molecule has 7 N–H and O–H groups in total. The van der Waals surface area contributed by atoms with Crippen LogP contribution >= 0.6 is 0 Å². The Hall–Kier alpha value is -4.28. The van der Waals surface area contributed by atoms with Gasteiger partial charge in [0, 0.05) is 217 Å². The van der Waals surface area contributed by atoms with Crippen LogP contribution in [-0.2, 0) is 24.0 Å². The molecular weight excluding hydrogens is 1820 g/mol. The summed E-state index contributed by atoms with van der Waals surface area (Å²) >= 11 is 0. The number of piperazine rings is 1. The molecule has 2 saturated carbocycles. The van der Waals surface area contributed by atoms with Gasteiger partial charge in [-0.25, -0.2) is 0 Å². The maximum Gasteiger partial charge on any atom is 0.239 e. The molecule has 0 aromatic rings. The van der Waals surface area contributed by atoms with E-state index in [2.05, 4.69) is 272 Å². The van der Waals surface area contributed by atoms with Crippen LogP contribution in [0.1, 0.15) is 359 Å². The Morgan fingerprint density at radius 2 is 0.788 bits per heavy atom. The largest absolute Gasteiger partial charge is 0.359 e. The number of fused-ring (bicyclic) bond motifs is 1. The average Bonchev–Trinajstić information content (AvgIpc) is 1.63. The molecule has 846 valence electrons. The number of nitrogens with one attached hydrogen (secondary N) is 5. The first-order chi connectivity index (χ1) is 68.2. The highest BCUT2D eigenvalue weighted by atomic mass is 16.2. The van der Waals surface area contributed by atoms with Crippen molar-refractivity contribution in [1.82, 2.24) is 95.2 Å². The van der Waals surface area contributed by atoms with Crippen LogP contribution in [0.5, 0.6) is 0 Å². The third-order valence-electron chi connectivity index (χ3n) is 35.1. The summed E-state index contributed by atoms with van der Waals surface area (Å²) in [7, 11) is 16.9. The van der Waals surface area contributed by atoms with Gasteiger partial charge in [0.1, 0.15) is 0 Å². The van der Waals surface area contributed by atoms with Crippen molar-refractivity contribution in [3.8, 4) is 6.07 Å². The van der Waals surface area contributed by atoms with E-state index in [-0.39, 0.29) is 52.7 Å². The van der Waals surface area contributed by atoms with Gasteiger partial charge in [0.15, 0.2) is 0 Å². The predicted octanol–water partition coefficient (Wildman–Crippen LogP) is 16.5. The fourth-order valence-corrected chi connectivity index (χ4v) is 24.9. The molecular formula is C120H231N21O5. The first-order valence-corrected chi connectivity index (χ1v) is 59.1. The van der Waals surface area contributed by atoms with Crippen LogP contribution in [0.2, 0.25) is 0 Å². The van der Waals surface area contributed by atoms with Crippen molar-refractivity contribution in [2.45, 2.75) is 446 Å². The van der Waals surface area contributed by atoms with E-state index >= 15 is 0 Å². The molecule has 26 nitrogen and oxygen atoms in total. The van der Waals surface area contributed by atoms with Crippen LogP contribution in [0, 0.1) is 57.7 Å². The van der Waals surface area contributed by atoms with E-state index < -0.39 is 0 Å². The van der Waals surface area contributed by atoms with Gasteiger partial charge in [0.2, 0.25) is 29.5 Å². The summed E-state index contributed by atoms with van der Waals surface area (Å²) in [5.41, 5.74) is 11.8. The van der Waals surface area contributed by atoms with Gasteiger partial charge >= 0.3 is 0 Å². The van der Waals surface area contributed by atoms with Gasteiger partial charge in [0.05, 0.1) is 36.5 Å². The minimum Gasteiger partial charge on any atom is -0.359 e. The SMILES string of the molecule is CC(C)(C)CC=C1CCC(N)CC1.CC(C)(C)CC=C1CCC(NCCC#N)CC1.CN(C)C(=O)C1CCCN1C1CCN(C(C)(C)C)CC1.CN(C)C(=O)CN1CCN(CC2CCN(C(C)(C)C)CC2)CC1.CN(C)C(=O)[C@@H]1CCNC1CC1CCN(C(C)(C)C)CC1.CN1CCC2CN(C(C)(C)C)CC21.CNC(=O)C1CCCN1C1CCN(C(C)(C)C)CC1.CNC(=O)[C@@H]1CCNC1CC1CCN(C(C)(C)C)CC1. The Kier molecular flexibility index (Phi) is 53.0. The van der Waals surface area contributed by atoms with Gasteiger partial charge < -0.3 is 56.8 Å². The summed E-state index contributed by atoms with van der Waals surface area (Å²) in [6.45, 7) is 82.2. The molecule has 6 unspecified atom stereocenters. The van der Waals surface area contributed by atoms with Crippen molar-refractivity contribution in [2.24, 2.45) is 52.1 Å². The van der Waals surface area contributed by atoms with Crippen LogP contribution in [0.15, 0.2) is 23.3 Å². The molecule has 12 aliphatic heterocycles. The lowest BCUT2D eigenvalue weighted by Crippen LogP contribution is -2.54. The van der Waals surface area contributed by atoms with Crippen LogP contribution in [0.4, 0.5) is 0 Å². The fourth-order valence-electron chi connectivity index (χ4n) is 24.9. The summed E-state index contributed by atoms with van der Waals surface area (Å²) in [5.74, 6) is 4.95. The zero-order chi connectivity index (χ0) is 109. The molecule has 8 atom stereocenters. The van der Waals surface area contributed by atoms with Crippen molar-refractivity contribution in [1.29, 1.82) is 5.26 Å². The summed E-state index contributed by atoms with van der Waals surface area (Å²) in [6, 6.07) is 6.37. The topological polar surface area (TPSA) is 241 Å². The van der Waals surface area contributed by atoms with E-state index in [0.717, 1.165) is 153 Å². The number of nitrogens with zero attached hydrogens (tertiary/aromatic N) is 15. The maximum absolute atomic E-state index is 12.3. The molecule has 0 spiro atoms. The maximum atomic E-state index is 12.3. The first kappa shape index (κ1) is 129. The molecule has 12 heterocycles. The molecule has 0 aromatic heterocycles. The van der Waals surface area contributed by atoms with Crippen molar-refractivity contribution in [3.05, 3.63) is 23.3 Å². The molecule has 26 heteroatoms. The minimum atomic E-state index is 0.121. The van der Waals surface area contributed by atoms with E-state index in [0.29, 0.717) is 94.0 Å². The quantitative estimate of drug-likeness (QED) is 0.0520. The second kappa shape index (κ2) is 60.1. The van der Waals surface area contributed by atoms with Crippen LogP contribution in [0.25, 0.3) is 0 Å². The number of allylic oxidation sites excluding steroid dienone is 4. The third kappa shape index (κ3) is 44.5. The third-order valence-corrected chi connectivity index (χ3v) is 35.1. The van der Waals surface area contributed by atoms with Crippen molar-refractivity contribution >= 4 is 29.5 Å². The number of nitrogens with two attached hydrogens (primary N) is 1. The van der Waals surface area contributed by atoms with Gasteiger partial charge in [-0.1, -0.05) is 64.8 Å². The summed E-state index contributed by atoms with van der Waals surface area (Å²) in [4.78, 5) is 93.3. The van der Waals surface area contributed by atoms with Gasteiger partial charge in [-0.05, 0) is 424 Å². The Balaban J connectivity index is 0.000000227. The number of likely N-dealkylation sites (N-methyl/N-ethyl adjacent to an activating group) is 4. The van der Waals surface area contributed by atoms with Crippen LogP contribution < -0.4 is 32.3 Å². The van der Waals surface area contributed by atoms with Crippen LogP contribution in [0.3, 0.4) is 0 Å². The number of carbonyl (C=O) groups is 5. The number of hydrogen-bond acceptors (Lipinski definition) is 21. The zero-order valence-corrected chi connectivity index (χ0v) is 101. The molecule has 14 fully saturated rings. The number of nitriles is 1. The average molecular weight is 2050 g/mol. The highest BCUT2D eigenvalue weighted by Gasteiger charge is 2.46. The molecule has 0 aromatic carbocycles. The van der Waals surface area contributed by atoms with E-state index in [9.17, 15) is 24.0 Å². The van der Waals surface area contributed by atoms with E-state index in [4.69, 9.17) is 11.0 Å². The second-order valence-corrected chi connectivity index (χ2v) is 55.7. The summed E-state index contributed by atoms with van der Waals surface area (Å²) in [6.07, 6.45) is 40.4. The van der Waals surface area contributed by atoms with E-state index in [1.807, 2.05) is 42.3 Å². The lowest BCUT2D eigenvalue weighted by atomic mass is 9.84. The Bertz CT molecular complexity index is 3830. The zero-order valence-electron chi connectivity index (χ0n) is 101. The first-order valence-electron chi connectivity index (χ1n) is 59.1. The minimum absolute atomic E-state index is 0.121. The summed E-state index contributed by atoms with van der Waals surface area (Å²) < 4.78 is 0. The van der Waals surface area contributed by atoms with E-state index in [1.165, 1.54) is 213 Å². The van der Waals surface area contributed by atoms with Gasteiger partial charge in [-0.3, -0.25) is 68.1 Å². The van der Waals surface area contributed by atoms with Gasteiger partial charge in [-0.2, -0.15) is 5.26 Å². The molecule has 2 aliphatic carbocycles. The standard InChI is InChI=1S/C18H36N4O.C17H33N3O.2C16H31N3O.C15H29N3O.C15H26N2.C12H23N.C11H22N2/c1-18(2,3)22-8-6-16(7-9-22)14-20-10-12-21(13-11-20)15-17(23)19(4)5;1-17(2,3)20-10-7-13(8-11-20)12-15-14(6-9-18-15)16(21)19(4)5;1-16(2,3)19-9-6-12(7-10-19)11-14-13(5-8-18-14)15(20)17-4;1-16(2,3)18-11-8-13(9-12-18)19-10-6-7-14(19)15(20)17(4)5;1-15(2,3)17-10-7-12(8-11-17)18-9-5-6-13(18)14(19)16-4;1-15(2,3)10-9-13-5-7-14(8-6-13)17-12-4-11-16;1-12(2,3)9-8-10-4-6-11(13)7-5-10;1-11(2,3)13-7-9-5-6-12(4)10(9)8-13/h16H,6-15H2,1-5H3;13-15,18H,6-12H2,1-5H3;12-14,18H,5-11H2,1-4H3,(H,17,20);13-14H,6-12H2,1-5H3;12-13H,5-11H2,1-4H3,(H,16,19);9,14,17H,4-8,10,12H2,1-3H3;8,11H,4-7,9,13H2,1-3H3;9-10H,5-8H2,1-4H3/t;14-,15?;13-,14?;;;;;/m.11...../s1. The number of carbonyl (C=O) groups excluding carboxylic acids is 5. The van der Waals surface area contributed by atoms with Crippen LogP contribution in [-0.4, -0.2) is 406 Å². The lowest BCUT2D eigenvalue weighted by Gasteiger charge is -2.44. The molecule has 146 heavy (non-hydrogen) atoms. The van der Waals surface area contributed by atoms with Gasteiger partial charge in [0.25, 0.3) is 0 Å². The Morgan fingerprint density at radius 3 is 1.17 bits per heavy atom. The molecule has 14 aliphatic rings. The molecule has 12 saturated heterocycles. The van der Waals surface area contributed by atoms with Gasteiger partial charge in [-0.15, -0.1) is 0 Å². The number of rotatable bonds is 19. The molecule has 5 amide bonds. The fraction of sp³-hybridized carbons (Fsp3) is 0.917. The predicted molar refractivity (Wildman–Crippen MR) is 614 cm³/mol. The summed E-state index contributed by atoms with van der Waals surface area (Å²) in [5, 5.41) is 24.7. The Morgan fingerprint density at radius 1 is 0.411 bits per heavy atom. The van der Waals surface area contributed by atoms with E-state index in [1.54, 1.807) is 39.9 Å². The number of hydrogen-bond donors (Lipinski definition) is 6. The molecule has 0 bridgehead atoms. The second-order valence-electron chi connectivity index (χ2n) is 55.7. The Labute approximate surface area is 897 Å². The normalized spacial score (nSPS) is 27.1. The van der Waals surface area contributed by atoms with Crippen molar-refractivity contribution in [2.75, 3.05) is 221 Å². The number of piperidine rings is 5.